The number of ether oxygens (including phenoxy) is 1. The Morgan fingerprint density at radius 2 is 2.29 bits per heavy atom. The van der Waals surface area contributed by atoms with Crippen LogP contribution in [0.3, 0.4) is 0 Å². The Morgan fingerprint density at radius 3 is 2.94 bits per heavy atom. The number of rotatable bonds is 3. The van der Waals surface area contributed by atoms with E-state index in [1.807, 2.05) is 18.3 Å². The highest BCUT2D eigenvalue weighted by molar-refractivity contribution is 5.93. The minimum absolute atomic E-state index is 0.277. The van der Waals surface area contributed by atoms with Crippen molar-refractivity contribution in [1.82, 2.24) is 4.57 Å². The van der Waals surface area contributed by atoms with Gasteiger partial charge in [-0.1, -0.05) is 6.07 Å². The van der Waals surface area contributed by atoms with Crippen LogP contribution in [0.4, 0.5) is 0 Å². The molecular formula is C13H13NO3. The summed E-state index contributed by atoms with van der Waals surface area (Å²) < 4.78 is 7.45. The summed E-state index contributed by atoms with van der Waals surface area (Å²) in [5.74, 6) is -0.889. The molecule has 88 valence electrons. The first-order chi connectivity index (χ1) is 8.24. The molecule has 1 aliphatic rings. The highest BCUT2D eigenvalue weighted by atomic mass is 16.5. The highest BCUT2D eigenvalue weighted by Gasteiger charge is 2.19. The number of hydrogen-bond donors (Lipinski definition) is 1. The number of carbonyl (C=O) groups is 1. The van der Waals surface area contributed by atoms with Gasteiger partial charge in [0.05, 0.1) is 11.7 Å². The SMILES string of the molecule is O=C(O)c1ccc2ccn(CC3CCO3)c2c1. The van der Waals surface area contributed by atoms with E-state index < -0.39 is 5.97 Å². The van der Waals surface area contributed by atoms with Crippen molar-refractivity contribution < 1.29 is 14.6 Å². The maximum Gasteiger partial charge on any atom is 0.335 e. The number of nitrogens with zero attached hydrogens (tertiary/aromatic N) is 1. The van der Waals surface area contributed by atoms with Gasteiger partial charge in [0.15, 0.2) is 0 Å². The molecule has 4 nitrogen and oxygen atoms in total. The van der Waals surface area contributed by atoms with E-state index in [1.165, 1.54) is 0 Å². The Balaban J connectivity index is 1.99. The molecule has 4 heteroatoms. The predicted octanol–water partition coefficient (Wildman–Crippen LogP) is 2.13. The van der Waals surface area contributed by atoms with Gasteiger partial charge in [-0.3, -0.25) is 0 Å². The van der Waals surface area contributed by atoms with Crippen LogP contribution in [0.1, 0.15) is 16.8 Å². The van der Waals surface area contributed by atoms with Crippen LogP contribution >= 0.6 is 0 Å². The molecule has 3 rings (SSSR count). The molecule has 1 unspecified atom stereocenters. The van der Waals surface area contributed by atoms with Gasteiger partial charge in [-0.05, 0) is 30.0 Å². The lowest BCUT2D eigenvalue weighted by molar-refractivity contribution is -0.0586. The predicted molar refractivity (Wildman–Crippen MR) is 63.3 cm³/mol. The van der Waals surface area contributed by atoms with E-state index in [0.717, 1.165) is 30.5 Å². The molecule has 2 aromatic rings. The van der Waals surface area contributed by atoms with Crippen molar-refractivity contribution in [3.8, 4) is 0 Å². The number of carboxylic acid groups (broad SMARTS) is 1. The second-order valence-corrected chi connectivity index (χ2v) is 4.33. The van der Waals surface area contributed by atoms with Crippen LogP contribution in [0.25, 0.3) is 10.9 Å². The molecular weight excluding hydrogens is 218 g/mol. The van der Waals surface area contributed by atoms with Gasteiger partial charge >= 0.3 is 5.97 Å². The first-order valence-electron chi connectivity index (χ1n) is 5.68. The molecule has 0 amide bonds. The number of benzene rings is 1. The Kier molecular flexibility index (Phi) is 2.37. The van der Waals surface area contributed by atoms with Gasteiger partial charge in [-0.15, -0.1) is 0 Å². The first-order valence-corrected chi connectivity index (χ1v) is 5.68. The fraction of sp³-hybridized carbons (Fsp3) is 0.308. The third-order valence-corrected chi connectivity index (χ3v) is 3.21. The van der Waals surface area contributed by atoms with Crippen LogP contribution in [0.5, 0.6) is 0 Å². The third kappa shape index (κ3) is 1.80. The fourth-order valence-electron chi connectivity index (χ4n) is 2.12. The Hall–Kier alpha value is -1.81. The van der Waals surface area contributed by atoms with Crippen molar-refractivity contribution in [2.24, 2.45) is 0 Å². The molecule has 0 bridgehead atoms. The zero-order valence-electron chi connectivity index (χ0n) is 9.30. The number of fused-ring (bicyclic) bond motifs is 1. The van der Waals surface area contributed by atoms with E-state index >= 15 is 0 Å². The monoisotopic (exact) mass is 231 g/mol. The van der Waals surface area contributed by atoms with E-state index in [2.05, 4.69) is 4.57 Å². The zero-order valence-corrected chi connectivity index (χ0v) is 9.30. The average molecular weight is 231 g/mol. The van der Waals surface area contributed by atoms with Gasteiger partial charge in [0, 0.05) is 24.9 Å². The molecule has 1 saturated heterocycles. The number of aromatic carboxylic acids is 1. The Morgan fingerprint density at radius 1 is 1.47 bits per heavy atom. The van der Waals surface area contributed by atoms with Gasteiger partial charge in [-0.25, -0.2) is 4.79 Å². The molecule has 1 atom stereocenters. The molecule has 1 aromatic heterocycles. The molecule has 1 aromatic carbocycles. The van der Waals surface area contributed by atoms with Gasteiger partial charge in [-0.2, -0.15) is 0 Å². The van der Waals surface area contributed by atoms with Crippen LogP contribution in [-0.2, 0) is 11.3 Å². The lowest BCUT2D eigenvalue weighted by Crippen LogP contribution is -2.30. The van der Waals surface area contributed by atoms with Crippen molar-refractivity contribution in [1.29, 1.82) is 0 Å². The molecule has 1 fully saturated rings. The van der Waals surface area contributed by atoms with Crippen LogP contribution in [0, 0.1) is 0 Å². The topological polar surface area (TPSA) is 51.5 Å². The van der Waals surface area contributed by atoms with Gasteiger partial charge < -0.3 is 14.4 Å². The van der Waals surface area contributed by atoms with Crippen LogP contribution < -0.4 is 0 Å². The zero-order chi connectivity index (χ0) is 11.8. The summed E-state index contributed by atoms with van der Waals surface area (Å²) in [7, 11) is 0. The quantitative estimate of drug-likeness (QED) is 0.880. The minimum Gasteiger partial charge on any atom is -0.478 e. The summed E-state index contributed by atoms with van der Waals surface area (Å²) >= 11 is 0. The fourth-order valence-corrected chi connectivity index (χ4v) is 2.12. The molecule has 1 N–H and O–H groups in total. The summed E-state index contributed by atoms with van der Waals surface area (Å²) in [5, 5.41) is 10.0. The normalized spacial score (nSPS) is 19.2. The van der Waals surface area contributed by atoms with Crippen LogP contribution in [0.2, 0.25) is 0 Å². The lowest BCUT2D eigenvalue weighted by atomic mass is 10.1. The smallest absolute Gasteiger partial charge is 0.335 e. The second kappa shape index (κ2) is 3.89. The van der Waals surface area contributed by atoms with Crippen molar-refractivity contribution in [3.05, 3.63) is 36.0 Å². The van der Waals surface area contributed by atoms with Gasteiger partial charge in [0.25, 0.3) is 0 Å². The van der Waals surface area contributed by atoms with E-state index in [0.29, 0.717) is 5.56 Å². The minimum atomic E-state index is -0.889. The second-order valence-electron chi connectivity index (χ2n) is 4.33. The number of carboxylic acids is 1. The Labute approximate surface area is 98.4 Å². The maximum absolute atomic E-state index is 10.9. The van der Waals surface area contributed by atoms with Crippen molar-refractivity contribution in [2.75, 3.05) is 6.61 Å². The first kappa shape index (κ1) is 10.4. The summed E-state index contributed by atoms with van der Waals surface area (Å²) in [4.78, 5) is 10.9. The lowest BCUT2D eigenvalue weighted by Gasteiger charge is -2.27. The number of aromatic nitrogens is 1. The van der Waals surface area contributed by atoms with Crippen molar-refractivity contribution >= 4 is 16.9 Å². The highest BCUT2D eigenvalue weighted by Crippen LogP contribution is 2.21. The Bertz CT molecular complexity index is 569. The number of hydrogen-bond acceptors (Lipinski definition) is 2. The van der Waals surface area contributed by atoms with Crippen molar-refractivity contribution in [2.45, 2.75) is 19.1 Å². The summed E-state index contributed by atoms with van der Waals surface area (Å²) in [6.07, 6.45) is 3.34. The molecule has 17 heavy (non-hydrogen) atoms. The van der Waals surface area contributed by atoms with Gasteiger partial charge in [0.2, 0.25) is 0 Å². The van der Waals surface area contributed by atoms with Crippen LogP contribution in [0.15, 0.2) is 30.5 Å². The van der Waals surface area contributed by atoms with E-state index in [4.69, 9.17) is 9.84 Å². The molecule has 0 aliphatic carbocycles. The van der Waals surface area contributed by atoms with Crippen LogP contribution in [-0.4, -0.2) is 28.4 Å². The maximum atomic E-state index is 10.9. The summed E-state index contributed by atoms with van der Waals surface area (Å²) in [6, 6.07) is 7.20. The average Bonchev–Trinajstić information content (AvgIpc) is 2.65. The molecule has 0 spiro atoms. The largest absolute Gasteiger partial charge is 0.478 e. The molecule has 0 radical (unpaired) electrons. The van der Waals surface area contributed by atoms with Gasteiger partial charge in [0.1, 0.15) is 0 Å². The third-order valence-electron chi connectivity index (χ3n) is 3.21. The summed E-state index contributed by atoms with van der Waals surface area (Å²) in [5.41, 5.74) is 1.28. The molecule has 2 heterocycles. The molecule has 0 saturated carbocycles. The standard InChI is InChI=1S/C13H13NO3/c15-13(16)10-2-1-9-3-5-14(12(9)7-10)8-11-4-6-17-11/h1-3,5,7,11H,4,6,8H2,(H,15,16). The molecule has 1 aliphatic heterocycles. The van der Waals surface area contributed by atoms with E-state index in [1.54, 1.807) is 12.1 Å². The van der Waals surface area contributed by atoms with E-state index in [9.17, 15) is 4.79 Å². The van der Waals surface area contributed by atoms with Crippen molar-refractivity contribution in [3.63, 3.8) is 0 Å². The van der Waals surface area contributed by atoms with E-state index in [-0.39, 0.29) is 6.10 Å². The summed E-state index contributed by atoms with van der Waals surface area (Å²) in [6.45, 7) is 1.64.